The molecule has 5 heteroatoms. The van der Waals surface area contributed by atoms with Crippen molar-refractivity contribution in [3.05, 3.63) is 59.7 Å². The van der Waals surface area contributed by atoms with Gasteiger partial charge in [-0.15, -0.1) is 0 Å². The van der Waals surface area contributed by atoms with Crippen LogP contribution < -0.4 is 9.64 Å². The Labute approximate surface area is 153 Å². The van der Waals surface area contributed by atoms with Crippen LogP contribution in [-0.2, 0) is 11.2 Å². The molecule has 1 fully saturated rings. The van der Waals surface area contributed by atoms with Gasteiger partial charge >= 0.3 is 0 Å². The molecule has 0 spiro atoms. The maximum Gasteiger partial charge on any atom is 0.264 e. The van der Waals surface area contributed by atoms with Gasteiger partial charge in [0.15, 0.2) is 6.61 Å². The lowest BCUT2D eigenvalue weighted by Gasteiger charge is -2.18. The zero-order chi connectivity index (χ0) is 17.9. The molecule has 0 radical (unpaired) electrons. The zero-order valence-electron chi connectivity index (χ0n) is 14.7. The predicted octanol–water partition coefficient (Wildman–Crippen LogP) is 2.89. The average Bonchev–Trinajstić information content (AvgIpc) is 3.35. The fourth-order valence-corrected chi connectivity index (χ4v) is 3.64. The first-order chi connectivity index (χ1) is 12.7. The molecule has 0 N–H and O–H groups in total. The van der Waals surface area contributed by atoms with E-state index in [4.69, 9.17) is 4.74 Å². The van der Waals surface area contributed by atoms with Crippen LogP contribution in [0.5, 0.6) is 5.75 Å². The molecule has 0 aliphatic carbocycles. The smallest absolute Gasteiger partial charge is 0.264 e. The molecular formula is C21H22N2O3. The molecule has 4 rings (SSSR count). The number of nitrogens with zero attached hydrogens (tertiary/aromatic N) is 2. The molecule has 2 aromatic carbocycles. The van der Waals surface area contributed by atoms with Crippen molar-refractivity contribution in [2.24, 2.45) is 0 Å². The summed E-state index contributed by atoms with van der Waals surface area (Å²) in [6, 6.07) is 15.1. The number of carbonyl (C=O) groups excluding carboxylic acids is 2. The highest BCUT2D eigenvalue weighted by Gasteiger charge is 2.24. The lowest BCUT2D eigenvalue weighted by atomic mass is 10.2. The third-order valence-corrected chi connectivity index (χ3v) is 5.02. The minimum absolute atomic E-state index is 0.0321. The van der Waals surface area contributed by atoms with Crippen LogP contribution in [0, 0.1) is 0 Å². The summed E-state index contributed by atoms with van der Waals surface area (Å²) in [5.74, 6) is 0.523. The standard InChI is InChI=1S/C21H22N2O3/c24-20(23-13-10-16-6-1-2-9-19(16)23)15-26-18-8-5-7-17(14-18)21(25)22-11-3-4-12-22/h1-2,5-9,14H,3-4,10-13,15H2. The number of rotatable bonds is 4. The Balaban J connectivity index is 1.40. The van der Waals surface area contributed by atoms with Crippen LogP contribution in [-0.4, -0.2) is 43.0 Å². The lowest BCUT2D eigenvalue weighted by molar-refractivity contribution is -0.120. The Hall–Kier alpha value is -2.82. The van der Waals surface area contributed by atoms with Gasteiger partial charge < -0.3 is 14.5 Å². The summed E-state index contributed by atoms with van der Waals surface area (Å²) >= 11 is 0. The van der Waals surface area contributed by atoms with Crippen molar-refractivity contribution in [2.45, 2.75) is 19.3 Å². The second kappa shape index (κ2) is 7.20. The summed E-state index contributed by atoms with van der Waals surface area (Å²) in [5, 5.41) is 0. The Morgan fingerprint density at radius 1 is 0.962 bits per heavy atom. The van der Waals surface area contributed by atoms with Gasteiger partial charge in [-0.05, 0) is 49.1 Å². The quantitative estimate of drug-likeness (QED) is 0.852. The molecule has 0 aromatic heterocycles. The van der Waals surface area contributed by atoms with E-state index >= 15 is 0 Å². The molecule has 5 nitrogen and oxygen atoms in total. The number of likely N-dealkylation sites (tertiary alicyclic amines) is 1. The molecule has 0 unspecified atom stereocenters. The molecule has 134 valence electrons. The third kappa shape index (κ3) is 3.29. The van der Waals surface area contributed by atoms with Crippen molar-refractivity contribution in [2.75, 3.05) is 31.1 Å². The summed E-state index contributed by atoms with van der Waals surface area (Å²) in [7, 11) is 0. The highest BCUT2D eigenvalue weighted by atomic mass is 16.5. The van der Waals surface area contributed by atoms with E-state index in [-0.39, 0.29) is 18.4 Å². The number of hydrogen-bond donors (Lipinski definition) is 0. The van der Waals surface area contributed by atoms with Gasteiger partial charge in [0.1, 0.15) is 5.75 Å². The molecule has 2 aliphatic rings. The number of hydrogen-bond acceptors (Lipinski definition) is 3. The first-order valence-corrected chi connectivity index (χ1v) is 9.13. The van der Waals surface area contributed by atoms with Gasteiger partial charge in [0, 0.05) is 30.9 Å². The zero-order valence-corrected chi connectivity index (χ0v) is 14.7. The molecular weight excluding hydrogens is 328 g/mol. The van der Waals surface area contributed by atoms with E-state index in [1.165, 1.54) is 5.56 Å². The number of para-hydroxylation sites is 1. The van der Waals surface area contributed by atoms with Gasteiger partial charge in [0.05, 0.1) is 0 Å². The maximum absolute atomic E-state index is 12.5. The fraction of sp³-hybridized carbons (Fsp3) is 0.333. The van der Waals surface area contributed by atoms with Crippen molar-refractivity contribution in [1.82, 2.24) is 4.90 Å². The molecule has 1 saturated heterocycles. The van der Waals surface area contributed by atoms with Crippen LogP contribution >= 0.6 is 0 Å². The normalized spacial score (nSPS) is 15.8. The number of amides is 2. The summed E-state index contributed by atoms with van der Waals surface area (Å²) in [6.07, 6.45) is 3.00. The minimum Gasteiger partial charge on any atom is -0.484 e. The Morgan fingerprint density at radius 3 is 2.62 bits per heavy atom. The van der Waals surface area contributed by atoms with Crippen molar-refractivity contribution in [3.8, 4) is 5.75 Å². The van der Waals surface area contributed by atoms with Gasteiger partial charge in [-0.3, -0.25) is 9.59 Å². The SMILES string of the molecule is O=C(c1cccc(OCC(=O)N2CCc3ccccc32)c1)N1CCCC1. The van der Waals surface area contributed by atoms with Crippen molar-refractivity contribution in [1.29, 1.82) is 0 Å². The van der Waals surface area contributed by atoms with Crippen molar-refractivity contribution < 1.29 is 14.3 Å². The summed E-state index contributed by atoms with van der Waals surface area (Å²) < 4.78 is 5.69. The Morgan fingerprint density at radius 2 is 1.77 bits per heavy atom. The van der Waals surface area contributed by atoms with E-state index < -0.39 is 0 Å². The van der Waals surface area contributed by atoms with Crippen LogP contribution in [0.1, 0.15) is 28.8 Å². The lowest BCUT2D eigenvalue weighted by Crippen LogP contribution is -2.33. The molecule has 2 heterocycles. The van der Waals surface area contributed by atoms with Gasteiger partial charge in [-0.2, -0.15) is 0 Å². The van der Waals surface area contributed by atoms with E-state index in [0.29, 0.717) is 17.9 Å². The summed E-state index contributed by atoms with van der Waals surface area (Å²) in [5.41, 5.74) is 2.78. The second-order valence-electron chi connectivity index (χ2n) is 6.74. The molecule has 0 atom stereocenters. The Bertz CT molecular complexity index is 828. The Kier molecular flexibility index (Phi) is 4.61. The van der Waals surface area contributed by atoms with E-state index in [1.807, 2.05) is 23.1 Å². The third-order valence-electron chi connectivity index (χ3n) is 5.02. The molecule has 0 saturated carbocycles. The number of benzene rings is 2. The highest BCUT2D eigenvalue weighted by molar-refractivity contribution is 5.97. The molecule has 2 aliphatic heterocycles. The predicted molar refractivity (Wildman–Crippen MR) is 99.6 cm³/mol. The fourth-order valence-electron chi connectivity index (χ4n) is 3.64. The monoisotopic (exact) mass is 350 g/mol. The molecule has 26 heavy (non-hydrogen) atoms. The van der Waals surface area contributed by atoms with Crippen LogP contribution in [0.2, 0.25) is 0 Å². The summed E-state index contributed by atoms with van der Waals surface area (Å²) in [4.78, 5) is 28.7. The number of anilines is 1. The molecule has 2 aromatic rings. The van der Waals surface area contributed by atoms with Crippen molar-refractivity contribution >= 4 is 17.5 Å². The second-order valence-corrected chi connectivity index (χ2v) is 6.74. The summed E-state index contributed by atoms with van der Waals surface area (Å²) in [6.45, 7) is 2.29. The van der Waals surface area contributed by atoms with E-state index in [2.05, 4.69) is 6.07 Å². The van der Waals surface area contributed by atoms with Gasteiger partial charge in [0.2, 0.25) is 0 Å². The van der Waals surface area contributed by atoms with E-state index in [9.17, 15) is 9.59 Å². The van der Waals surface area contributed by atoms with Gasteiger partial charge in [0.25, 0.3) is 11.8 Å². The van der Waals surface area contributed by atoms with Crippen molar-refractivity contribution in [3.63, 3.8) is 0 Å². The number of carbonyl (C=O) groups is 2. The first-order valence-electron chi connectivity index (χ1n) is 9.13. The van der Waals surface area contributed by atoms with Crippen LogP contribution in [0.4, 0.5) is 5.69 Å². The van der Waals surface area contributed by atoms with Crippen LogP contribution in [0.25, 0.3) is 0 Å². The van der Waals surface area contributed by atoms with Crippen LogP contribution in [0.3, 0.4) is 0 Å². The topological polar surface area (TPSA) is 49.9 Å². The van der Waals surface area contributed by atoms with E-state index in [0.717, 1.165) is 38.0 Å². The van der Waals surface area contributed by atoms with Crippen LogP contribution in [0.15, 0.2) is 48.5 Å². The minimum atomic E-state index is -0.0637. The number of fused-ring (bicyclic) bond motifs is 1. The molecule has 0 bridgehead atoms. The number of ether oxygens (including phenoxy) is 1. The van der Waals surface area contributed by atoms with E-state index in [1.54, 1.807) is 29.2 Å². The van der Waals surface area contributed by atoms with Gasteiger partial charge in [-0.25, -0.2) is 0 Å². The first kappa shape index (κ1) is 16.6. The largest absolute Gasteiger partial charge is 0.484 e. The van der Waals surface area contributed by atoms with Gasteiger partial charge in [-0.1, -0.05) is 24.3 Å². The highest BCUT2D eigenvalue weighted by Crippen LogP contribution is 2.27. The average molecular weight is 350 g/mol. The molecule has 2 amide bonds. The maximum atomic E-state index is 12.5.